The molecule has 0 bridgehead atoms. The summed E-state index contributed by atoms with van der Waals surface area (Å²) in [4.78, 5) is 14.3. The Balaban J connectivity index is 0.00000200. The molecule has 1 amide bonds. The largest absolute Gasteiger partial charge is 0.339 e. The van der Waals surface area contributed by atoms with Crippen molar-refractivity contribution in [2.75, 3.05) is 20.1 Å². The molecule has 1 aliphatic rings. The quantitative estimate of drug-likeness (QED) is 0.846. The van der Waals surface area contributed by atoms with E-state index in [2.05, 4.69) is 21.2 Å². The van der Waals surface area contributed by atoms with Crippen molar-refractivity contribution in [2.24, 2.45) is 0 Å². The molecule has 1 aromatic rings. The van der Waals surface area contributed by atoms with Gasteiger partial charge in [-0.15, -0.1) is 12.4 Å². The van der Waals surface area contributed by atoms with Crippen LogP contribution < -0.4 is 5.32 Å². The van der Waals surface area contributed by atoms with Gasteiger partial charge in [0.05, 0.1) is 5.02 Å². The monoisotopic (exact) mass is 380 g/mol. The molecule has 20 heavy (non-hydrogen) atoms. The third-order valence-corrected chi connectivity index (χ3v) is 4.79. The minimum absolute atomic E-state index is 0. The van der Waals surface area contributed by atoms with Crippen LogP contribution in [0.3, 0.4) is 0 Å². The van der Waals surface area contributed by atoms with Crippen LogP contribution in [0.25, 0.3) is 0 Å². The second kappa shape index (κ2) is 8.23. The summed E-state index contributed by atoms with van der Waals surface area (Å²) in [5.41, 5.74) is 0.677. The molecule has 1 aliphatic heterocycles. The lowest BCUT2D eigenvalue weighted by Crippen LogP contribution is -2.37. The summed E-state index contributed by atoms with van der Waals surface area (Å²) < 4.78 is 0.760. The molecule has 1 saturated heterocycles. The Kier molecular flexibility index (Phi) is 7.30. The smallest absolute Gasteiger partial charge is 0.253 e. The van der Waals surface area contributed by atoms with Crippen molar-refractivity contribution in [1.82, 2.24) is 10.2 Å². The highest BCUT2D eigenvalue weighted by molar-refractivity contribution is 9.10. The van der Waals surface area contributed by atoms with Gasteiger partial charge in [0.25, 0.3) is 5.91 Å². The van der Waals surface area contributed by atoms with Crippen molar-refractivity contribution in [3.05, 3.63) is 33.3 Å². The predicted molar refractivity (Wildman–Crippen MR) is 89.0 cm³/mol. The fourth-order valence-corrected chi connectivity index (χ4v) is 2.88. The Bertz CT molecular complexity index is 462. The van der Waals surface area contributed by atoms with Gasteiger partial charge in [0, 0.05) is 23.1 Å². The van der Waals surface area contributed by atoms with Crippen LogP contribution >= 0.6 is 39.9 Å². The van der Waals surface area contributed by atoms with Crippen molar-refractivity contribution in [3.63, 3.8) is 0 Å². The third kappa shape index (κ3) is 4.35. The summed E-state index contributed by atoms with van der Waals surface area (Å²) >= 11 is 9.31. The minimum Gasteiger partial charge on any atom is -0.339 e. The van der Waals surface area contributed by atoms with Gasteiger partial charge < -0.3 is 10.2 Å². The van der Waals surface area contributed by atoms with Crippen LogP contribution in [0.5, 0.6) is 0 Å². The van der Waals surface area contributed by atoms with E-state index in [1.54, 1.807) is 18.2 Å². The van der Waals surface area contributed by atoms with Gasteiger partial charge in [-0.25, -0.2) is 0 Å². The van der Waals surface area contributed by atoms with E-state index < -0.39 is 0 Å². The summed E-state index contributed by atoms with van der Waals surface area (Å²) in [6.45, 7) is 2.03. The molecule has 0 aromatic heterocycles. The molecule has 2 rings (SSSR count). The number of carbonyl (C=O) groups is 1. The number of hydrogen-bond donors (Lipinski definition) is 1. The van der Waals surface area contributed by atoms with Gasteiger partial charge in [0.15, 0.2) is 0 Å². The zero-order valence-electron chi connectivity index (χ0n) is 11.4. The minimum atomic E-state index is 0. The van der Waals surface area contributed by atoms with Crippen molar-refractivity contribution in [1.29, 1.82) is 0 Å². The summed E-state index contributed by atoms with van der Waals surface area (Å²) in [6.07, 6.45) is 3.19. The van der Waals surface area contributed by atoms with Gasteiger partial charge in [-0.3, -0.25) is 4.79 Å². The number of rotatable bonds is 2. The maximum absolute atomic E-state index is 12.5. The van der Waals surface area contributed by atoms with Crippen molar-refractivity contribution >= 4 is 45.8 Å². The third-order valence-electron chi connectivity index (χ3n) is 3.58. The first-order valence-corrected chi connectivity index (χ1v) is 7.69. The first kappa shape index (κ1) is 17.8. The van der Waals surface area contributed by atoms with Crippen LogP contribution in [-0.4, -0.2) is 37.0 Å². The maximum Gasteiger partial charge on any atom is 0.253 e. The Morgan fingerprint density at radius 1 is 1.40 bits per heavy atom. The molecule has 3 nitrogen and oxygen atoms in total. The van der Waals surface area contributed by atoms with Gasteiger partial charge in [-0.1, -0.05) is 11.6 Å². The van der Waals surface area contributed by atoms with E-state index in [-0.39, 0.29) is 18.3 Å². The van der Waals surface area contributed by atoms with E-state index in [9.17, 15) is 4.79 Å². The van der Waals surface area contributed by atoms with Crippen LogP contribution in [0.4, 0.5) is 0 Å². The Morgan fingerprint density at radius 3 is 2.85 bits per heavy atom. The second-order valence-electron chi connectivity index (χ2n) is 4.88. The average molecular weight is 382 g/mol. The van der Waals surface area contributed by atoms with E-state index in [0.29, 0.717) is 16.6 Å². The number of hydrogen-bond acceptors (Lipinski definition) is 2. The SMILES string of the molecule is CN(C(=O)c1ccc(Cl)c(Br)c1)C1CCCNCC1.Cl. The molecule has 0 saturated carbocycles. The van der Waals surface area contributed by atoms with Crippen LogP contribution in [0.15, 0.2) is 22.7 Å². The Morgan fingerprint density at radius 2 is 2.15 bits per heavy atom. The van der Waals surface area contributed by atoms with Gasteiger partial charge in [0.1, 0.15) is 0 Å². The van der Waals surface area contributed by atoms with Gasteiger partial charge in [-0.2, -0.15) is 0 Å². The van der Waals surface area contributed by atoms with Gasteiger partial charge >= 0.3 is 0 Å². The Hall–Kier alpha value is -0.290. The van der Waals surface area contributed by atoms with Gasteiger partial charge in [0.2, 0.25) is 0 Å². The molecule has 0 radical (unpaired) electrons. The highest BCUT2D eigenvalue weighted by atomic mass is 79.9. The molecule has 1 atom stereocenters. The number of nitrogens with one attached hydrogen (secondary N) is 1. The molecular formula is C14H19BrCl2N2O. The van der Waals surface area contributed by atoms with Crippen LogP contribution in [-0.2, 0) is 0 Å². The lowest BCUT2D eigenvalue weighted by atomic mass is 10.1. The number of amides is 1. The van der Waals surface area contributed by atoms with Crippen molar-refractivity contribution < 1.29 is 4.79 Å². The van der Waals surface area contributed by atoms with Crippen molar-refractivity contribution in [2.45, 2.75) is 25.3 Å². The fourth-order valence-electron chi connectivity index (χ4n) is 2.39. The van der Waals surface area contributed by atoms with E-state index in [1.807, 2.05) is 11.9 Å². The molecule has 0 spiro atoms. The zero-order valence-corrected chi connectivity index (χ0v) is 14.5. The molecule has 1 heterocycles. The van der Waals surface area contributed by atoms with Crippen LogP contribution in [0, 0.1) is 0 Å². The molecule has 112 valence electrons. The van der Waals surface area contributed by atoms with E-state index in [0.717, 1.165) is 36.8 Å². The second-order valence-corrected chi connectivity index (χ2v) is 6.14. The first-order chi connectivity index (χ1) is 9.09. The number of nitrogens with zero attached hydrogens (tertiary/aromatic N) is 1. The number of benzene rings is 1. The summed E-state index contributed by atoms with van der Waals surface area (Å²) in [7, 11) is 1.89. The lowest BCUT2D eigenvalue weighted by Gasteiger charge is -2.27. The van der Waals surface area contributed by atoms with Crippen molar-refractivity contribution in [3.8, 4) is 0 Å². The topological polar surface area (TPSA) is 32.3 Å². The summed E-state index contributed by atoms with van der Waals surface area (Å²) in [5.74, 6) is 0.0595. The standard InChI is InChI=1S/C14H18BrClN2O.ClH/c1-18(11-3-2-7-17-8-6-11)14(19)10-4-5-13(16)12(15)9-10;/h4-5,9,11,17H,2-3,6-8H2,1H3;1H. The summed E-state index contributed by atoms with van der Waals surface area (Å²) in [6, 6.07) is 5.63. The van der Waals surface area contributed by atoms with Gasteiger partial charge in [-0.05, 0) is 66.5 Å². The summed E-state index contributed by atoms with van der Waals surface area (Å²) in [5, 5.41) is 3.99. The fraction of sp³-hybridized carbons (Fsp3) is 0.500. The first-order valence-electron chi connectivity index (χ1n) is 6.52. The van der Waals surface area contributed by atoms with Crippen LogP contribution in [0.1, 0.15) is 29.6 Å². The van der Waals surface area contributed by atoms with E-state index in [1.165, 1.54) is 0 Å². The zero-order chi connectivity index (χ0) is 13.8. The lowest BCUT2D eigenvalue weighted by molar-refractivity contribution is 0.0720. The molecule has 1 fully saturated rings. The molecule has 6 heteroatoms. The molecule has 1 aromatic carbocycles. The van der Waals surface area contributed by atoms with Crippen LogP contribution in [0.2, 0.25) is 5.02 Å². The Labute approximate surface area is 139 Å². The molecule has 1 N–H and O–H groups in total. The highest BCUT2D eigenvalue weighted by Crippen LogP contribution is 2.24. The average Bonchev–Trinajstić information content (AvgIpc) is 2.69. The van der Waals surface area contributed by atoms with E-state index >= 15 is 0 Å². The normalized spacial score (nSPS) is 18.9. The number of halogens is 3. The highest BCUT2D eigenvalue weighted by Gasteiger charge is 2.22. The maximum atomic E-state index is 12.5. The molecular weight excluding hydrogens is 363 g/mol. The molecule has 1 unspecified atom stereocenters. The molecule has 0 aliphatic carbocycles. The predicted octanol–water partition coefficient (Wildman–Crippen LogP) is 3.74. The van der Waals surface area contributed by atoms with E-state index in [4.69, 9.17) is 11.6 Å². The number of carbonyl (C=O) groups excluding carboxylic acids is 1.